The maximum Gasteiger partial charge on any atom is 0.264 e. The monoisotopic (exact) mass is 220 g/mol. The molecule has 84 valence electrons. The molecule has 0 saturated heterocycles. The van der Waals surface area contributed by atoms with E-state index in [1.165, 1.54) is 0 Å². The topological polar surface area (TPSA) is 43.4 Å². The van der Waals surface area contributed by atoms with Crippen LogP contribution in [0.15, 0.2) is 0 Å². The molecule has 1 aliphatic rings. The Labute approximate surface area is 87.0 Å². The van der Waals surface area contributed by atoms with Crippen LogP contribution in [-0.2, 0) is 14.3 Å². The molecule has 4 heteroatoms. The Bertz CT molecular complexity index is 280. The van der Waals surface area contributed by atoms with Crippen molar-refractivity contribution >= 4 is 10.1 Å². The minimum Gasteiger partial charge on any atom is -0.267 e. The highest BCUT2D eigenvalue weighted by atomic mass is 32.2. The SMILES string of the molecule is CC1(C)CCCC(OS(C)(=O)=O)CC1. The Balaban J connectivity index is 2.51. The molecule has 1 fully saturated rings. The third-order valence-corrected chi connectivity index (χ3v) is 3.46. The van der Waals surface area contributed by atoms with Gasteiger partial charge in [-0.3, -0.25) is 4.18 Å². The van der Waals surface area contributed by atoms with Gasteiger partial charge in [-0.1, -0.05) is 20.3 Å². The summed E-state index contributed by atoms with van der Waals surface area (Å²) in [5.41, 5.74) is 0.343. The third kappa shape index (κ3) is 4.42. The fourth-order valence-corrected chi connectivity index (χ4v) is 2.66. The van der Waals surface area contributed by atoms with E-state index in [1.54, 1.807) is 0 Å². The molecule has 0 aliphatic heterocycles. The van der Waals surface area contributed by atoms with Crippen molar-refractivity contribution in [3.8, 4) is 0 Å². The molecule has 0 aromatic rings. The zero-order chi connectivity index (χ0) is 10.8. The van der Waals surface area contributed by atoms with Gasteiger partial charge in [0.15, 0.2) is 0 Å². The van der Waals surface area contributed by atoms with Crippen LogP contribution in [0.2, 0.25) is 0 Å². The summed E-state index contributed by atoms with van der Waals surface area (Å²) in [7, 11) is -3.28. The van der Waals surface area contributed by atoms with Crippen molar-refractivity contribution in [3.63, 3.8) is 0 Å². The minimum atomic E-state index is -3.28. The minimum absolute atomic E-state index is 0.0909. The Morgan fingerprint density at radius 3 is 2.43 bits per heavy atom. The molecule has 1 atom stereocenters. The highest BCUT2D eigenvalue weighted by Crippen LogP contribution is 2.34. The lowest BCUT2D eigenvalue weighted by atomic mass is 9.85. The largest absolute Gasteiger partial charge is 0.267 e. The molecule has 3 nitrogen and oxygen atoms in total. The second-order valence-corrected chi connectivity index (χ2v) is 6.62. The van der Waals surface area contributed by atoms with Gasteiger partial charge in [0, 0.05) is 0 Å². The summed E-state index contributed by atoms with van der Waals surface area (Å²) in [4.78, 5) is 0. The van der Waals surface area contributed by atoms with E-state index in [1.807, 2.05) is 0 Å². The van der Waals surface area contributed by atoms with Gasteiger partial charge in [0.2, 0.25) is 0 Å². The van der Waals surface area contributed by atoms with Crippen LogP contribution >= 0.6 is 0 Å². The van der Waals surface area contributed by atoms with Crippen LogP contribution in [0.4, 0.5) is 0 Å². The van der Waals surface area contributed by atoms with E-state index in [0.29, 0.717) is 5.41 Å². The van der Waals surface area contributed by atoms with Gasteiger partial charge in [-0.25, -0.2) is 0 Å². The van der Waals surface area contributed by atoms with E-state index >= 15 is 0 Å². The molecule has 0 N–H and O–H groups in total. The van der Waals surface area contributed by atoms with Gasteiger partial charge in [0.05, 0.1) is 12.4 Å². The fourth-order valence-electron chi connectivity index (χ4n) is 1.97. The summed E-state index contributed by atoms with van der Waals surface area (Å²) in [6, 6.07) is 0. The van der Waals surface area contributed by atoms with Crippen molar-refractivity contribution in [1.82, 2.24) is 0 Å². The van der Waals surface area contributed by atoms with E-state index in [2.05, 4.69) is 13.8 Å². The Morgan fingerprint density at radius 1 is 1.21 bits per heavy atom. The first-order chi connectivity index (χ1) is 6.29. The summed E-state index contributed by atoms with van der Waals surface area (Å²) >= 11 is 0. The van der Waals surface area contributed by atoms with Crippen molar-refractivity contribution in [2.75, 3.05) is 6.26 Å². The van der Waals surface area contributed by atoms with Crippen molar-refractivity contribution < 1.29 is 12.6 Å². The number of hydrogen-bond donors (Lipinski definition) is 0. The van der Waals surface area contributed by atoms with Gasteiger partial charge in [-0.05, 0) is 31.1 Å². The maximum absolute atomic E-state index is 11.0. The van der Waals surface area contributed by atoms with Crippen LogP contribution in [0.25, 0.3) is 0 Å². The van der Waals surface area contributed by atoms with Gasteiger partial charge in [0.1, 0.15) is 0 Å². The van der Waals surface area contributed by atoms with Crippen molar-refractivity contribution in [1.29, 1.82) is 0 Å². The first-order valence-electron chi connectivity index (χ1n) is 5.17. The first-order valence-corrected chi connectivity index (χ1v) is 6.98. The van der Waals surface area contributed by atoms with Crippen molar-refractivity contribution in [2.45, 2.75) is 52.1 Å². The highest BCUT2D eigenvalue weighted by Gasteiger charge is 2.26. The molecule has 1 rings (SSSR count). The normalized spacial score (nSPS) is 28.4. The molecule has 14 heavy (non-hydrogen) atoms. The van der Waals surface area contributed by atoms with E-state index < -0.39 is 10.1 Å². The molecule has 0 heterocycles. The van der Waals surface area contributed by atoms with Crippen LogP contribution in [-0.4, -0.2) is 20.8 Å². The van der Waals surface area contributed by atoms with Gasteiger partial charge >= 0.3 is 0 Å². The molecule has 1 unspecified atom stereocenters. The zero-order valence-electron chi connectivity index (χ0n) is 9.25. The average Bonchev–Trinajstić information content (AvgIpc) is 2.10. The molecule has 0 aromatic carbocycles. The second-order valence-electron chi connectivity index (χ2n) is 5.02. The van der Waals surface area contributed by atoms with Crippen LogP contribution < -0.4 is 0 Å². The maximum atomic E-state index is 11.0. The van der Waals surface area contributed by atoms with Gasteiger partial charge < -0.3 is 0 Å². The Morgan fingerprint density at radius 2 is 1.86 bits per heavy atom. The van der Waals surface area contributed by atoms with Gasteiger partial charge in [-0.15, -0.1) is 0 Å². The number of rotatable bonds is 2. The molecule has 0 aromatic heterocycles. The molecule has 1 aliphatic carbocycles. The molecular weight excluding hydrogens is 200 g/mol. The van der Waals surface area contributed by atoms with Gasteiger partial charge in [0.25, 0.3) is 10.1 Å². The lowest BCUT2D eigenvalue weighted by Crippen LogP contribution is -2.17. The number of hydrogen-bond acceptors (Lipinski definition) is 3. The summed E-state index contributed by atoms with van der Waals surface area (Å²) in [5.74, 6) is 0. The molecule has 0 bridgehead atoms. The fraction of sp³-hybridized carbons (Fsp3) is 1.00. The standard InChI is InChI=1S/C10H20O3S/c1-10(2)7-4-5-9(6-8-10)13-14(3,11)12/h9H,4-8H2,1-3H3. The predicted octanol–water partition coefficient (Wildman–Crippen LogP) is 2.32. The van der Waals surface area contributed by atoms with Crippen molar-refractivity contribution in [2.24, 2.45) is 5.41 Å². The zero-order valence-corrected chi connectivity index (χ0v) is 10.1. The molecular formula is C10H20O3S. The summed E-state index contributed by atoms with van der Waals surface area (Å²) in [6.07, 6.45) is 6.04. The molecule has 0 radical (unpaired) electrons. The quantitative estimate of drug-likeness (QED) is 0.530. The summed E-state index contributed by atoms with van der Waals surface area (Å²) < 4.78 is 26.9. The van der Waals surface area contributed by atoms with Crippen LogP contribution in [0.5, 0.6) is 0 Å². The van der Waals surface area contributed by atoms with E-state index in [4.69, 9.17) is 4.18 Å². The van der Waals surface area contributed by atoms with E-state index in [9.17, 15) is 8.42 Å². The Kier molecular flexibility index (Phi) is 3.58. The lowest BCUT2D eigenvalue weighted by molar-refractivity contribution is 0.187. The lowest BCUT2D eigenvalue weighted by Gasteiger charge is -2.21. The highest BCUT2D eigenvalue weighted by molar-refractivity contribution is 7.86. The summed E-state index contributed by atoms with van der Waals surface area (Å²) in [5, 5.41) is 0. The van der Waals surface area contributed by atoms with Crippen molar-refractivity contribution in [3.05, 3.63) is 0 Å². The summed E-state index contributed by atoms with van der Waals surface area (Å²) in [6.45, 7) is 4.46. The molecule has 1 saturated carbocycles. The van der Waals surface area contributed by atoms with Gasteiger partial charge in [-0.2, -0.15) is 8.42 Å². The van der Waals surface area contributed by atoms with E-state index in [-0.39, 0.29) is 6.10 Å². The first kappa shape index (κ1) is 12.0. The smallest absolute Gasteiger partial charge is 0.264 e. The predicted molar refractivity (Wildman–Crippen MR) is 56.6 cm³/mol. The molecule has 0 amide bonds. The van der Waals surface area contributed by atoms with Crippen LogP contribution in [0.3, 0.4) is 0 Å². The third-order valence-electron chi connectivity index (χ3n) is 2.83. The Hall–Kier alpha value is -0.0900. The molecule has 0 spiro atoms. The average molecular weight is 220 g/mol. The second kappa shape index (κ2) is 4.19. The van der Waals surface area contributed by atoms with E-state index in [0.717, 1.165) is 38.4 Å². The van der Waals surface area contributed by atoms with Crippen LogP contribution in [0.1, 0.15) is 46.0 Å². The van der Waals surface area contributed by atoms with Crippen LogP contribution in [0, 0.1) is 5.41 Å².